The van der Waals surface area contributed by atoms with E-state index < -0.39 is 113 Å². The molecule has 8 rings (SSSR count). The zero-order chi connectivity index (χ0) is 73.8. The number of rotatable bonds is 23. The molecule has 27 heteroatoms. The quantitative estimate of drug-likeness (QED) is 0.0301. The van der Waals surface area contributed by atoms with Crippen molar-refractivity contribution in [3.8, 4) is 0 Å². The van der Waals surface area contributed by atoms with Gasteiger partial charge in [-0.2, -0.15) is 0 Å². The number of anilines is 1. The van der Waals surface area contributed by atoms with Gasteiger partial charge in [-0.3, -0.25) is 48.6 Å². The van der Waals surface area contributed by atoms with Crippen molar-refractivity contribution in [3.05, 3.63) is 88.8 Å². The fourth-order valence-corrected chi connectivity index (χ4v) is 14.6. The Morgan fingerprint density at radius 3 is 2.28 bits per heavy atom. The lowest BCUT2D eigenvalue weighted by Gasteiger charge is -2.42. The molecule has 16 atom stereocenters. The second-order valence-electron chi connectivity index (χ2n) is 28.3. The Balaban J connectivity index is 0.818. The van der Waals surface area contributed by atoms with Gasteiger partial charge in [0.2, 0.25) is 17.6 Å². The highest BCUT2D eigenvalue weighted by molar-refractivity contribution is 6.39. The fourth-order valence-electron chi connectivity index (χ4n) is 14.6. The molecular formula is C75H107N7O20. The molecule has 562 valence electrons. The molecule has 0 spiro atoms. The molecule has 5 aliphatic heterocycles. The Hall–Kier alpha value is -7.05. The number of fused-ring (bicyclic) bond motifs is 4. The van der Waals surface area contributed by atoms with Gasteiger partial charge in [0.05, 0.1) is 94.5 Å². The molecule has 27 nitrogen and oxygen atoms in total. The molecule has 0 radical (unpaired) electrons. The average Bonchev–Trinajstić information content (AvgIpc) is 1.46. The Bertz CT molecular complexity index is 3370. The summed E-state index contributed by atoms with van der Waals surface area (Å²) < 4.78 is 55.5. The van der Waals surface area contributed by atoms with Crippen molar-refractivity contribution in [2.75, 3.05) is 79.4 Å². The molecule has 5 amide bonds. The second kappa shape index (κ2) is 38.6. The molecular weight excluding hydrogens is 1320 g/mol. The number of piperidine rings is 2. The van der Waals surface area contributed by atoms with Crippen molar-refractivity contribution in [1.29, 1.82) is 0 Å². The molecule has 6 aliphatic rings. The molecule has 2 aromatic rings. The normalized spacial score (nSPS) is 31.4. The van der Waals surface area contributed by atoms with Gasteiger partial charge in [-0.05, 0) is 126 Å². The number of nitrogens with zero attached hydrogens (tertiary/aromatic N) is 5. The Kier molecular flexibility index (Phi) is 30.5. The van der Waals surface area contributed by atoms with Crippen LogP contribution in [0.1, 0.15) is 165 Å². The van der Waals surface area contributed by atoms with Gasteiger partial charge in [-0.25, -0.2) is 9.48 Å². The maximum atomic E-state index is 14.7. The standard InChI is InChI=1S/C75H107N7O20/c1-45-17-12-11-13-18-46(2)61(94-8)41-54-24-22-51(7)75(93,102-54)69(87)73(91)81-29-15-14-21-58(81)74(92)101-62(42-59(83)47(3)38-50(6)67(86)68(96-10)66(85)49(5)37-45)48(4)39-52-23-26-60(63(40-52)95-9)100-36-35-99-44-53-43-80(79-78-53)30-32-98-34-33-97-31-28-76-56-20-16-19-55-65(56)72(90)82(71(55)89)57-25-27-64(84)77-70(57)88/h11-13,16-20,38,43,45,47-49,51-52,54,57-58,60-63,67-68,76,86,93H,14-15,21-37,39-42,44H2,1-10H3,(H,77,84,88)/b13-11?,17-12+,46-18?,50-38+/t45-,47-,48-,49-,51-,52+,54+,57?,58+,60-,61+,62+,63-,67-,68+,75-/m1/s1. The molecule has 4 N–H and O–H groups in total. The van der Waals surface area contributed by atoms with Crippen LogP contribution in [0.2, 0.25) is 0 Å². The van der Waals surface area contributed by atoms with Gasteiger partial charge < -0.3 is 63.1 Å². The molecule has 3 saturated heterocycles. The van der Waals surface area contributed by atoms with Crippen LogP contribution in [0.3, 0.4) is 0 Å². The first-order valence-electron chi connectivity index (χ1n) is 36.2. The van der Waals surface area contributed by atoms with E-state index in [1.807, 2.05) is 58.1 Å². The van der Waals surface area contributed by atoms with E-state index in [1.165, 1.54) is 18.1 Å². The van der Waals surface area contributed by atoms with E-state index in [0.717, 1.165) is 16.9 Å². The first-order valence-corrected chi connectivity index (χ1v) is 36.2. The number of esters is 1. The highest BCUT2D eigenvalue weighted by Crippen LogP contribution is 2.39. The summed E-state index contributed by atoms with van der Waals surface area (Å²) in [6, 6.07) is 2.62. The smallest absolute Gasteiger partial charge is 0.329 e. The molecule has 6 heterocycles. The van der Waals surface area contributed by atoms with Crippen LogP contribution in [0.25, 0.3) is 0 Å². The molecule has 1 unspecified atom stereocenters. The molecule has 1 saturated carbocycles. The average molecular weight is 1430 g/mol. The lowest BCUT2D eigenvalue weighted by Crippen LogP contribution is -2.61. The van der Waals surface area contributed by atoms with Crippen LogP contribution in [0.15, 0.2) is 72.0 Å². The van der Waals surface area contributed by atoms with Crippen LogP contribution in [0, 0.1) is 35.5 Å². The summed E-state index contributed by atoms with van der Waals surface area (Å²) in [5.74, 6) is -10.7. The summed E-state index contributed by atoms with van der Waals surface area (Å²) >= 11 is 0. The predicted octanol–water partition coefficient (Wildman–Crippen LogP) is 6.56. The number of ketones is 3. The van der Waals surface area contributed by atoms with Crippen LogP contribution in [0.5, 0.6) is 0 Å². The molecule has 1 aromatic heterocycles. The number of aliphatic hydroxyl groups is 2. The third-order valence-corrected chi connectivity index (χ3v) is 20.7. The minimum Gasteiger partial charge on any atom is -0.460 e. The van der Waals surface area contributed by atoms with Crippen molar-refractivity contribution in [1.82, 2.24) is 30.1 Å². The summed E-state index contributed by atoms with van der Waals surface area (Å²) in [7, 11) is 4.58. The number of amides is 5. The summed E-state index contributed by atoms with van der Waals surface area (Å²) in [4.78, 5) is 125. The lowest BCUT2D eigenvalue weighted by molar-refractivity contribution is -0.265. The number of cyclic esters (lactones) is 1. The number of carbonyl (C=O) groups is 9. The highest BCUT2D eigenvalue weighted by Gasteiger charge is 2.53. The van der Waals surface area contributed by atoms with Crippen molar-refractivity contribution < 1.29 is 96.0 Å². The van der Waals surface area contributed by atoms with Gasteiger partial charge in [-0.1, -0.05) is 82.4 Å². The lowest BCUT2D eigenvalue weighted by atomic mass is 9.78. The summed E-state index contributed by atoms with van der Waals surface area (Å²) in [6.07, 6.45) is 13.1. The number of imide groups is 2. The Morgan fingerprint density at radius 1 is 0.775 bits per heavy atom. The summed E-state index contributed by atoms with van der Waals surface area (Å²) in [6.45, 7) is 15.5. The topological polar surface area (TPSA) is 338 Å². The van der Waals surface area contributed by atoms with Gasteiger partial charge in [0, 0.05) is 77.1 Å². The summed E-state index contributed by atoms with van der Waals surface area (Å²) in [5.41, 5.74) is 2.65. The second-order valence-corrected chi connectivity index (χ2v) is 28.3. The van der Waals surface area contributed by atoms with Crippen molar-refractivity contribution in [3.63, 3.8) is 0 Å². The minimum absolute atomic E-state index is 0.0115. The van der Waals surface area contributed by atoms with Crippen molar-refractivity contribution in [2.24, 2.45) is 35.5 Å². The predicted molar refractivity (Wildman–Crippen MR) is 372 cm³/mol. The minimum atomic E-state index is -2.47. The number of hydrogen-bond donors (Lipinski definition) is 4. The number of nitrogens with one attached hydrogen (secondary N) is 2. The van der Waals surface area contributed by atoms with Gasteiger partial charge in [0.25, 0.3) is 23.5 Å². The number of allylic oxidation sites excluding steroid dienone is 6. The van der Waals surface area contributed by atoms with Crippen LogP contribution < -0.4 is 10.6 Å². The third-order valence-electron chi connectivity index (χ3n) is 20.7. The van der Waals surface area contributed by atoms with Gasteiger partial charge in [-0.15, -0.1) is 5.10 Å². The van der Waals surface area contributed by atoms with E-state index in [-0.39, 0.29) is 105 Å². The Morgan fingerprint density at radius 2 is 1.54 bits per heavy atom. The number of methoxy groups -OCH3 is 3. The zero-order valence-corrected chi connectivity index (χ0v) is 60.9. The van der Waals surface area contributed by atoms with E-state index in [2.05, 4.69) is 20.9 Å². The van der Waals surface area contributed by atoms with Crippen LogP contribution in [-0.4, -0.2) is 223 Å². The molecule has 4 fully saturated rings. The number of aromatic nitrogens is 3. The number of aliphatic hydroxyl groups excluding tert-OH is 1. The number of benzene rings is 1. The molecule has 2 bridgehead atoms. The first-order chi connectivity index (χ1) is 48.9. The van der Waals surface area contributed by atoms with E-state index in [0.29, 0.717) is 108 Å². The third kappa shape index (κ3) is 21.1. The van der Waals surface area contributed by atoms with Gasteiger partial charge in [0.1, 0.15) is 41.9 Å². The highest BCUT2D eigenvalue weighted by atomic mass is 16.6. The van der Waals surface area contributed by atoms with Crippen molar-refractivity contribution in [2.45, 2.75) is 212 Å². The molecule has 1 aromatic carbocycles. The number of carbonyl (C=O) groups excluding carboxylic acids is 9. The fraction of sp³-hybridized carbons (Fsp3) is 0.667. The van der Waals surface area contributed by atoms with Crippen LogP contribution in [-0.2, 0) is 89.3 Å². The van der Waals surface area contributed by atoms with E-state index in [9.17, 15) is 53.4 Å². The number of ether oxygens (including phenoxy) is 9. The van der Waals surface area contributed by atoms with Crippen molar-refractivity contribution >= 4 is 58.5 Å². The maximum absolute atomic E-state index is 14.7. The van der Waals surface area contributed by atoms with E-state index in [1.54, 1.807) is 64.1 Å². The van der Waals surface area contributed by atoms with Crippen LogP contribution in [0.4, 0.5) is 5.69 Å². The maximum Gasteiger partial charge on any atom is 0.329 e. The molecule has 102 heavy (non-hydrogen) atoms. The first kappa shape index (κ1) is 80.6. The summed E-state index contributed by atoms with van der Waals surface area (Å²) in [5, 5.41) is 37.5. The van der Waals surface area contributed by atoms with Gasteiger partial charge >= 0.3 is 5.97 Å². The van der Waals surface area contributed by atoms with E-state index in [4.69, 9.17) is 42.6 Å². The number of Topliss-reactive ketones (excluding diaryl/α,β-unsaturated/α-hetero) is 3. The Labute approximate surface area is 598 Å². The number of hydrogen-bond acceptors (Lipinski definition) is 23. The monoisotopic (exact) mass is 1430 g/mol. The largest absolute Gasteiger partial charge is 0.460 e. The zero-order valence-electron chi connectivity index (χ0n) is 60.9. The van der Waals surface area contributed by atoms with E-state index >= 15 is 0 Å². The SMILES string of the molecule is CO[C@H]1C[C@@H]2CC[C@@H](C)[C@@](O)(O2)C(=O)C(=O)N2CCCC[C@H]2C(=O)O[C@H]([C@H](C)C[C@@H]2CC[C@@H](OCCOCc3cn(CCOCCOCCNc4cccc5c4C(=O)N(C4CCC(=O)NC4=O)C5=O)nn3)[C@H](OC)C2)CC(=O)[C@H](C)/C=C(\C)[C@@H](O)[C@@H](OC)C(=O)[C@H](C)C[C@H](C)/C=C/C=CC=C1C. The van der Waals surface area contributed by atoms with Crippen LogP contribution >= 0.6 is 0 Å². The van der Waals surface area contributed by atoms with Gasteiger partial charge in [0.15, 0.2) is 5.78 Å². The molecule has 1 aliphatic carbocycles.